The highest BCUT2D eigenvalue weighted by molar-refractivity contribution is 5.32. The molecular formula is C18H30N2O. The van der Waals surface area contributed by atoms with Gasteiger partial charge in [-0.1, -0.05) is 25.1 Å². The van der Waals surface area contributed by atoms with Crippen molar-refractivity contribution in [2.75, 3.05) is 26.2 Å². The third kappa shape index (κ3) is 4.06. The Kier molecular flexibility index (Phi) is 5.80. The Labute approximate surface area is 129 Å². The van der Waals surface area contributed by atoms with E-state index in [1.165, 1.54) is 16.7 Å². The number of hydrogen-bond acceptors (Lipinski definition) is 3. The standard InChI is InChI=1S/C18H30N2O/c1-6-19-18(16-8-7-14(4)15(5)11-16)17-12-20(13(2)3)9-10-21-17/h7-8,11,13,17-19H,6,9-10,12H2,1-5H3. The predicted octanol–water partition coefficient (Wildman–Crippen LogP) is 3.06. The normalized spacial score (nSPS) is 21.7. The number of nitrogens with zero attached hydrogens (tertiary/aromatic N) is 1. The van der Waals surface area contributed by atoms with Gasteiger partial charge >= 0.3 is 0 Å². The molecule has 1 N–H and O–H groups in total. The summed E-state index contributed by atoms with van der Waals surface area (Å²) in [5, 5.41) is 3.62. The fraction of sp³-hybridized carbons (Fsp3) is 0.667. The molecule has 2 rings (SSSR count). The second kappa shape index (κ2) is 7.39. The monoisotopic (exact) mass is 290 g/mol. The van der Waals surface area contributed by atoms with E-state index in [9.17, 15) is 0 Å². The minimum absolute atomic E-state index is 0.225. The van der Waals surface area contributed by atoms with Crippen LogP contribution >= 0.6 is 0 Å². The van der Waals surface area contributed by atoms with E-state index in [1.54, 1.807) is 0 Å². The van der Waals surface area contributed by atoms with E-state index in [4.69, 9.17) is 4.74 Å². The maximum absolute atomic E-state index is 6.09. The van der Waals surface area contributed by atoms with Gasteiger partial charge in [-0.2, -0.15) is 0 Å². The quantitative estimate of drug-likeness (QED) is 0.902. The molecule has 0 aromatic heterocycles. The summed E-state index contributed by atoms with van der Waals surface area (Å²) in [4.78, 5) is 2.51. The zero-order chi connectivity index (χ0) is 15.4. The average Bonchev–Trinajstić information content (AvgIpc) is 2.48. The molecule has 2 atom stereocenters. The van der Waals surface area contributed by atoms with Crippen LogP contribution in [0.3, 0.4) is 0 Å². The Bertz CT molecular complexity index is 459. The minimum Gasteiger partial charge on any atom is -0.374 e. The lowest BCUT2D eigenvalue weighted by molar-refractivity contribution is -0.0558. The molecule has 1 aliphatic heterocycles. The second-order valence-corrected chi connectivity index (χ2v) is 6.38. The van der Waals surface area contributed by atoms with Crippen molar-refractivity contribution in [3.05, 3.63) is 34.9 Å². The summed E-state index contributed by atoms with van der Waals surface area (Å²) in [5.74, 6) is 0. The summed E-state index contributed by atoms with van der Waals surface area (Å²) in [7, 11) is 0. The maximum Gasteiger partial charge on any atom is 0.0897 e. The molecule has 118 valence electrons. The average molecular weight is 290 g/mol. The molecule has 3 nitrogen and oxygen atoms in total. The van der Waals surface area contributed by atoms with Gasteiger partial charge in [0, 0.05) is 19.1 Å². The molecule has 1 saturated heterocycles. The van der Waals surface area contributed by atoms with E-state index >= 15 is 0 Å². The highest BCUT2D eigenvalue weighted by Gasteiger charge is 2.29. The van der Waals surface area contributed by atoms with E-state index in [2.05, 4.69) is 63.0 Å². The molecule has 0 spiro atoms. The first-order valence-corrected chi connectivity index (χ1v) is 8.19. The maximum atomic E-state index is 6.09. The highest BCUT2D eigenvalue weighted by Crippen LogP contribution is 2.25. The molecule has 1 fully saturated rings. The molecule has 1 heterocycles. The van der Waals surface area contributed by atoms with Crippen molar-refractivity contribution in [2.45, 2.75) is 52.8 Å². The molecule has 0 aliphatic carbocycles. The molecule has 0 saturated carbocycles. The predicted molar refractivity (Wildman–Crippen MR) is 88.8 cm³/mol. The van der Waals surface area contributed by atoms with Gasteiger partial charge in [-0.25, -0.2) is 0 Å². The zero-order valence-electron chi connectivity index (χ0n) is 14.1. The number of benzene rings is 1. The lowest BCUT2D eigenvalue weighted by Crippen LogP contribution is -2.50. The number of likely N-dealkylation sites (N-methyl/N-ethyl adjacent to an activating group) is 1. The van der Waals surface area contributed by atoms with Crippen molar-refractivity contribution in [1.29, 1.82) is 0 Å². The van der Waals surface area contributed by atoms with Crippen LogP contribution in [0.4, 0.5) is 0 Å². The fourth-order valence-electron chi connectivity index (χ4n) is 3.01. The Morgan fingerprint density at radius 2 is 2.05 bits per heavy atom. The largest absolute Gasteiger partial charge is 0.374 e. The highest BCUT2D eigenvalue weighted by atomic mass is 16.5. The van der Waals surface area contributed by atoms with Crippen LogP contribution in [0.25, 0.3) is 0 Å². The van der Waals surface area contributed by atoms with Crippen molar-refractivity contribution >= 4 is 0 Å². The topological polar surface area (TPSA) is 24.5 Å². The van der Waals surface area contributed by atoms with Crippen LogP contribution in [-0.2, 0) is 4.74 Å². The van der Waals surface area contributed by atoms with E-state index in [1.807, 2.05) is 0 Å². The Hall–Kier alpha value is -0.900. The van der Waals surface area contributed by atoms with Crippen molar-refractivity contribution in [2.24, 2.45) is 0 Å². The lowest BCUT2D eigenvalue weighted by Gasteiger charge is -2.39. The molecule has 1 aromatic rings. The first-order valence-electron chi connectivity index (χ1n) is 8.19. The molecule has 0 amide bonds. The molecule has 21 heavy (non-hydrogen) atoms. The number of morpholine rings is 1. The third-order valence-corrected chi connectivity index (χ3v) is 4.54. The zero-order valence-corrected chi connectivity index (χ0v) is 14.1. The van der Waals surface area contributed by atoms with Crippen LogP contribution in [-0.4, -0.2) is 43.3 Å². The fourth-order valence-corrected chi connectivity index (χ4v) is 3.01. The molecule has 3 heteroatoms. The molecule has 1 aromatic carbocycles. The number of ether oxygens (including phenoxy) is 1. The van der Waals surface area contributed by atoms with Crippen molar-refractivity contribution in [1.82, 2.24) is 10.2 Å². The van der Waals surface area contributed by atoms with E-state index < -0.39 is 0 Å². The number of hydrogen-bond donors (Lipinski definition) is 1. The number of nitrogens with one attached hydrogen (secondary N) is 1. The first-order chi connectivity index (χ1) is 10.0. The smallest absolute Gasteiger partial charge is 0.0897 e. The minimum atomic E-state index is 0.225. The van der Waals surface area contributed by atoms with Crippen LogP contribution in [0, 0.1) is 13.8 Å². The molecular weight excluding hydrogens is 260 g/mol. The van der Waals surface area contributed by atoms with Crippen LogP contribution in [0.5, 0.6) is 0 Å². The lowest BCUT2D eigenvalue weighted by atomic mass is 9.96. The van der Waals surface area contributed by atoms with Gasteiger partial charge in [-0.3, -0.25) is 4.90 Å². The Morgan fingerprint density at radius 3 is 2.67 bits per heavy atom. The number of aryl methyl sites for hydroxylation is 2. The van der Waals surface area contributed by atoms with Gasteiger partial charge in [0.25, 0.3) is 0 Å². The van der Waals surface area contributed by atoms with Crippen LogP contribution < -0.4 is 5.32 Å². The SMILES string of the molecule is CCNC(c1ccc(C)c(C)c1)C1CN(C(C)C)CCO1. The summed E-state index contributed by atoms with van der Waals surface area (Å²) in [6.07, 6.45) is 0.225. The third-order valence-electron chi connectivity index (χ3n) is 4.54. The van der Waals surface area contributed by atoms with Gasteiger partial charge in [0.15, 0.2) is 0 Å². The summed E-state index contributed by atoms with van der Waals surface area (Å²) < 4.78 is 6.09. The van der Waals surface area contributed by atoms with Crippen LogP contribution in [0.15, 0.2) is 18.2 Å². The first kappa shape index (κ1) is 16.5. The van der Waals surface area contributed by atoms with Crippen LogP contribution in [0.2, 0.25) is 0 Å². The van der Waals surface area contributed by atoms with Gasteiger partial charge in [0.2, 0.25) is 0 Å². The van der Waals surface area contributed by atoms with Gasteiger partial charge in [0.1, 0.15) is 0 Å². The van der Waals surface area contributed by atoms with Gasteiger partial charge in [0.05, 0.1) is 18.8 Å². The van der Waals surface area contributed by atoms with Gasteiger partial charge in [-0.15, -0.1) is 0 Å². The van der Waals surface area contributed by atoms with Gasteiger partial charge in [-0.05, 0) is 50.9 Å². The molecule has 2 unspecified atom stereocenters. The molecule has 0 bridgehead atoms. The summed E-state index contributed by atoms with van der Waals surface area (Å²) >= 11 is 0. The van der Waals surface area contributed by atoms with Crippen LogP contribution in [0.1, 0.15) is 43.5 Å². The van der Waals surface area contributed by atoms with E-state index in [0.29, 0.717) is 6.04 Å². The van der Waals surface area contributed by atoms with E-state index in [-0.39, 0.29) is 12.1 Å². The second-order valence-electron chi connectivity index (χ2n) is 6.38. The van der Waals surface area contributed by atoms with Crippen molar-refractivity contribution < 1.29 is 4.74 Å². The summed E-state index contributed by atoms with van der Waals surface area (Å²) in [5.41, 5.74) is 4.05. The Morgan fingerprint density at radius 1 is 1.29 bits per heavy atom. The molecule has 0 radical (unpaired) electrons. The number of rotatable bonds is 5. The van der Waals surface area contributed by atoms with Crippen molar-refractivity contribution in [3.63, 3.8) is 0 Å². The Balaban J connectivity index is 2.19. The molecule has 1 aliphatic rings. The van der Waals surface area contributed by atoms with E-state index in [0.717, 1.165) is 26.2 Å². The summed E-state index contributed by atoms with van der Waals surface area (Å²) in [6.45, 7) is 14.9. The van der Waals surface area contributed by atoms with Crippen molar-refractivity contribution in [3.8, 4) is 0 Å². The summed E-state index contributed by atoms with van der Waals surface area (Å²) in [6, 6.07) is 7.63. The van der Waals surface area contributed by atoms with Gasteiger partial charge < -0.3 is 10.1 Å².